The van der Waals surface area contributed by atoms with Gasteiger partial charge in [0.05, 0.1) is 10.9 Å². The van der Waals surface area contributed by atoms with Gasteiger partial charge in [-0.3, -0.25) is 4.79 Å². The van der Waals surface area contributed by atoms with Crippen LogP contribution in [0.4, 0.5) is 5.69 Å². The fourth-order valence-corrected chi connectivity index (χ4v) is 2.96. The third-order valence-electron chi connectivity index (χ3n) is 3.66. The second-order valence-corrected chi connectivity index (χ2v) is 5.72. The summed E-state index contributed by atoms with van der Waals surface area (Å²) in [5.41, 5.74) is 7.94. The molecule has 19 heavy (non-hydrogen) atoms. The van der Waals surface area contributed by atoms with Gasteiger partial charge in [-0.1, -0.05) is 44.3 Å². The molecule has 4 heteroatoms. The third-order valence-corrected chi connectivity index (χ3v) is 3.95. The normalized spacial score (nSPS) is 19.7. The second kappa shape index (κ2) is 5.70. The molecule has 0 aliphatic carbocycles. The van der Waals surface area contributed by atoms with E-state index in [1.807, 2.05) is 30.0 Å². The van der Waals surface area contributed by atoms with Crippen LogP contribution in [-0.2, 0) is 11.2 Å². The molecule has 0 spiro atoms. The molecule has 0 fully saturated rings. The molecule has 0 radical (unpaired) electrons. The van der Waals surface area contributed by atoms with Gasteiger partial charge in [0.15, 0.2) is 0 Å². The molecule has 1 heterocycles. The first kappa shape index (κ1) is 14.0. The minimum Gasteiger partial charge on any atom is -0.393 e. The van der Waals surface area contributed by atoms with Gasteiger partial charge in [0.2, 0.25) is 5.91 Å². The summed E-state index contributed by atoms with van der Waals surface area (Å²) in [5, 5.41) is 0. The van der Waals surface area contributed by atoms with Crippen LogP contribution in [0.15, 0.2) is 24.3 Å². The number of carbonyl (C=O) groups excluding carboxylic acids is 1. The van der Waals surface area contributed by atoms with Crippen LogP contribution in [0.2, 0.25) is 0 Å². The zero-order valence-electron chi connectivity index (χ0n) is 11.4. The number of carbonyl (C=O) groups is 1. The van der Waals surface area contributed by atoms with Crippen molar-refractivity contribution in [2.24, 2.45) is 17.6 Å². The van der Waals surface area contributed by atoms with Gasteiger partial charge < -0.3 is 10.6 Å². The van der Waals surface area contributed by atoms with Gasteiger partial charge in [0, 0.05) is 12.2 Å². The Balaban J connectivity index is 2.34. The molecule has 2 atom stereocenters. The number of fused-ring (bicyclic) bond motifs is 1. The molecular formula is C15H20N2OS. The first-order valence-corrected chi connectivity index (χ1v) is 7.14. The van der Waals surface area contributed by atoms with E-state index in [4.69, 9.17) is 18.0 Å². The third kappa shape index (κ3) is 2.78. The Bertz CT molecular complexity index is 501. The van der Waals surface area contributed by atoms with Crippen LogP contribution in [0.5, 0.6) is 0 Å². The molecule has 0 bridgehead atoms. The molecule has 2 unspecified atom stereocenters. The van der Waals surface area contributed by atoms with E-state index in [0.29, 0.717) is 17.3 Å². The Labute approximate surface area is 119 Å². The van der Waals surface area contributed by atoms with E-state index < -0.39 is 0 Å². The summed E-state index contributed by atoms with van der Waals surface area (Å²) >= 11 is 5.02. The number of nitrogens with zero attached hydrogens (tertiary/aromatic N) is 1. The van der Waals surface area contributed by atoms with Crippen molar-refractivity contribution in [2.75, 3.05) is 11.4 Å². The molecule has 1 aromatic carbocycles. The fraction of sp³-hybridized carbons (Fsp3) is 0.467. The van der Waals surface area contributed by atoms with Crippen LogP contribution in [-0.4, -0.2) is 17.4 Å². The van der Waals surface area contributed by atoms with Gasteiger partial charge in [-0.05, 0) is 30.4 Å². The number of para-hydroxylation sites is 1. The highest BCUT2D eigenvalue weighted by molar-refractivity contribution is 7.80. The maximum absolute atomic E-state index is 12.6. The minimum absolute atomic E-state index is 0.0361. The summed E-state index contributed by atoms with van der Waals surface area (Å²) in [6, 6.07) is 8.08. The van der Waals surface area contributed by atoms with Crippen molar-refractivity contribution in [2.45, 2.75) is 26.7 Å². The summed E-state index contributed by atoms with van der Waals surface area (Å²) < 4.78 is 0. The smallest absolute Gasteiger partial charge is 0.236 e. The molecule has 3 nitrogen and oxygen atoms in total. The van der Waals surface area contributed by atoms with Crippen LogP contribution < -0.4 is 10.6 Å². The molecule has 1 aliphatic heterocycles. The Kier molecular flexibility index (Phi) is 4.20. The van der Waals surface area contributed by atoms with Crippen molar-refractivity contribution >= 4 is 28.8 Å². The lowest BCUT2D eigenvalue weighted by Crippen LogP contribution is -2.45. The van der Waals surface area contributed by atoms with Gasteiger partial charge in [0.25, 0.3) is 0 Å². The largest absolute Gasteiger partial charge is 0.393 e. The number of anilines is 1. The SMILES string of the molecule is CCC(C(=O)N1CC(C)Cc2ccccc21)C(N)=S. The zero-order valence-corrected chi connectivity index (χ0v) is 12.2. The van der Waals surface area contributed by atoms with Gasteiger partial charge in [-0.25, -0.2) is 0 Å². The average Bonchev–Trinajstić information content (AvgIpc) is 2.37. The monoisotopic (exact) mass is 276 g/mol. The van der Waals surface area contributed by atoms with E-state index in [2.05, 4.69) is 13.0 Å². The summed E-state index contributed by atoms with van der Waals surface area (Å²) in [7, 11) is 0. The number of hydrogen-bond acceptors (Lipinski definition) is 2. The first-order valence-electron chi connectivity index (χ1n) is 6.73. The fourth-order valence-electron chi connectivity index (χ4n) is 2.69. The molecule has 1 amide bonds. The number of hydrogen-bond donors (Lipinski definition) is 1. The second-order valence-electron chi connectivity index (χ2n) is 5.25. The van der Waals surface area contributed by atoms with Crippen LogP contribution in [0.3, 0.4) is 0 Å². The highest BCUT2D eigenvalue weighted by Gasteiger charge is 2.31. The quantitative estimate of drug-likeness (QED) is 0.863. The lowest BCUT2D eigenvalue weighted by molar-refractivity contribution is -0.120. The number of nitrogens with two attached hydrogens (primary N) is 1. The Hall–Kier alpha value is -1.42. The van der Waals surface area contributed by atoms with E-state index in [9.17, 15) is 4.79 Å². The van der Waals surface area contributed by atoms with Crippen molar-refractivity contribution in [3.63, 3.8) is 0 Å². The van der Waals surface area contributed by atoms with Crippen LogP contribution in [0, 0.1) is 11.8 Å². The number of benzene rings is 1. The predicted octanol–water partition coefficient (Wildman–Crippen LogP) is 2.52. The molecule has 2 rings (SSSR count). The van der Waals surface area contributed by atoms with Crippen molar-refractivity contribution in [1.29, 1.82) is 0 Å². The topological polar surface area (TPSA) is 46.3 Å². The van der Waals surface area contributed by atoms with E-state index >= 15 is 0 Å². The maximum atomic E-state index is 12.6. The average molecular weight is 276 g/mol. The van der Waals surface area contributed by atoms with Crippen LogP contribution >= 0.6 is 12.2 Å². The predicted molar refractivity (Wildman–Crippen MR) is 82.2 cm³/mol. The van der Waals surface area contributed by atoms with Crippen molar-refractivity contribution < 1.29 is 4.79 Å². The van der Waals surface area contributed by atoms with Gasteiger partial charge in [-0.15, -0.1) is 0 Å². The lowest BCUT2D eigenvalue weighted by atomic mass is 9.92. The maximum Gasteiger partial charge on any atom is 0.236 e. The number of thiocarbonyl (C=S) groups is 1. The molecule has 0 saturated heterocycles. The van der Waals surface area contributed by atoms with Crippen LogP contribution in [0.1, 0.15) is 25.8 Å². The molecule has 1 aliphatic rings. The summed E-state index contributed by atoms with van der Waals surface area (Å²) in [4.78, 5) is 14.8. The Morgan fingerprint density at radius 2 is 2.21 bits per heavy atom. The molecule has 0 aromatic heterocycles. The summed E-state index contributed by atoms with van der Waals surface area (Å²) in [6.45, 7) is 4.86. The van der Waals surface area contributed by atoms with E-state index in [0.717, 1.165) is 18.7 Å². The van der Waals surface area contributed by atoms with E-state index in [1.54, 1.807) is 0 Å². The van der Waals surface area contributed by atoms with Crippen molar-refractivity contribution in [1.82, 2.24) is 0 Å². The van der Waals surface area contributed by atoms with Crippen molar-refractivity contribution in [3.8, 4) is 0 Å². The summed E-state index contributed by atoms with van der Waals surface area (Å²) in [6.07, 6.45) is 1.67. The van der Waals surface area contributed by atoms with Gasteiger partial charge >= 0.3 is 0 Å². The summed E-state index contributed by atoms with van der Waals surface area (Å²) in [5.74, 6) is 0.144. The van der Waals surface area contributed by atoms with E-state index in [1.165, 1.54) is 5.56 Å². The zero-order chi connectivity index (χ0) is 14.0. The minimum atomic E-state index is -0.353. The molecule has 0 saturated carbocycles. The molecule has 102 valence electrons. The Morgan fingerprint density at radius 3 is 2.84 bits per heavy atom. The van der Waals surface area contributed by atoms with Gasteiger partial charge in [-0.2, -0.15) is 0 Å². The van der Waals surface area contributed by atoms with Gasteiger partial charge in [0.1, 0.15) is 0 Å². The molecule has 1 aromatic rings. The number of amides is 1. The van der Waals surface area contributed by atoms with Crippen LogP contribution in [0.25, 0.3) is 0 Å². The standard InChI is InChI=1S/C15H20N2OS/c1-3-12(14(16)19)15(18)17-9-10(2)8-11-6-4-5-7-13(11)17/h4-7,10,12H,3,8-9H2,1-2H3,(H2,16,19). The Morgan fingerprint density at radius 1 is 1.53 bits per heavy atom. The number of rotatable bonds is 3. The highest BCUT2D eigenvalue weighted by atomic mass is 32.1. The first-order chi connectivity index (χ1) is 9.04. The molecule has 2 N–H and O–H groups in total. The highest BCUT2D eigenvalue weighted by Crippen LogP contribution is 2.30. The lowest BCUT2D eigenvalue weighted by Gasteiger charge is -2.35. The van der Waals surface area contributed by atoms with E-state index in [-0.39, 0.29) is 11.8 Å². The molecular weight excluding hydrogens is 256 g/mol. The van der Waals surface area contributed by atoms with Crippen molar-refractivity contribution in [3.05, 3.63) is 29.8 Å².